The molecule has 4 fully saturated rings. The SMILES string of the molecule is [2H]c1cnc(N2CCN(C([2H])([2H])C#CCN3C(=O)[C@@H]4[C@H](C3=O)[C@H]3C[C@@H]4C([2H])C3[2H])CC2)nc1. The molecule has 28 heavy (non-hydrogen) atoms. The number of likely N-dealkylation sites (tertiary alicyclic amines) is 1. The van der Waals surface area contributed by atoms with Crippen molar-refractivity contribution in [3.8, 4) is 11.8 Å². The van der Waals surface area contributed by atoms with Crippen molar-refractivity contribution in [1.29, 1.82) is 0 Å². The third-order valence-electron chi connectivity index (χ3n) is 6.17. The number of amides is 2. The molecule has 2 saturated carbocycles. The minimum Gasteiger partial charge on any atom is -0.338 e. The normalized spacial score (nSPS) is 40.2. The molecule has 4 aliphatic rings. The van der Waals surface area contributed by atoms with E-state index in [1.807, 2.05) is 4.90 Å². The number of carbonyl (C=O) groups excluding carboxylic acids is 2. The van der Waals surface area contributed by atoms with Crippen LogP contribution in [0.2, 0.25) is 0 Å². The molecule has 1 aromatic heterocycles. The first-order valence-corrected chi connectivity index (χ1v) is 9.67. The monoisotopic (exact) mass is 384 g/mol. The molecule has 7 heteroatoms. The van der Waals surface area contributed by atoms with Crippen molar-refractivity contribution in [3.05, 3.63) is 18.4 Å². The molecule has 1 aromatic rings. The first-order chi connectivity index (χ1) is 15.7. The molecule has 5 rings (SSSR count). The van der Waals surface area contributed by atoms with Gasteiger partial charge in [0.05, 0.1) is 29.0 Å². The Morgan fingerprint density at radius 1 is 1.07 bits per heavy atom. The Bertz CT molecular complexity index is 988. The first-order valence-electron chi connectivity index (χ1n) is 12.3. The van der Waals surface area contributed by atoms with Gasteiger partial charge in [0.1, 0.15) is 0 Å². The van der Waals surface area contributed by atoms with E-state index in [9.17, 15) is 9.59 Å². The molecule has 2 aliphatic heterocycles. The van der Waals surface area contributed by atoms with Crippen LogP contribution in [0.4, 0.5) is 5.95 Å². The molecule has 0 N–H and O–H groups in total. The molecule has 6 atom stereocenters. The summed E-state index contributed by atoms with van der Waals surface area (Å²) in [5.74, 6) is 3.68. The van der Waals surface area contributed by atoms with Crippen LogP contribution in [0.25, 0.3) is 0 Å². The molecular formula is C21H25N5O2. The Labute approximate surface area is 172 Å². The molecule has 2 bridgehead atoms. The van der Waals surface area contributed by atoms with Gasteiger partial charge in [0.2, 0.25) is 17.8 Å². The number of aromatic nitrogens is 2. The summed E-state index contributed by atoms with van der Waals surface area (Å²) in [6.45, 7) is -0.261. The Balaban J connectivity index is 1.20. The largest absolute Gasteiger partial charge is 0.338 e. The van der Waals surface area contributed by atoms with E-state index in [4.69, 9.17) is 6.85 Å². The second-order valence-corrected chi connectivity index (χ2v) is 7.63. The van der Waals surface area contributed by atoms with Crippen molar-refractivity contribution in [3.63, 3.8) is 0 Å². The number of imide groups is 1. The van der Waals surface area contributed by atoms with Gasteiger partial charge in [0, 0.05) is 41.3 Å². The minimum absolute atomic E-state index is 0.164. The lowest BCUT2D eigenvalue weighted by molar-refractivity contribution is -0.139. The lowest BCUT2D eigenvalue weighted by atomic mass is 9.81. The van der Waals surface area contributed by atoms with Crippen molar-refractivity contribution < 1.29 is 16.4 Å². The topological polar surface area (TPSA) is 69.6 Å². The molecule has 0 spiro atoms. The van der Waals surface area contributed by atoms with Crippen molar-refractivity contribution in [2.24, 2.45) is 23.7 Å². The fraction of sp³-hybridized carbons (Fsp3) is 0.619. The van der Waals surface area contributed by atoms with Crippen LogP contribution in [0.3, 0.4) is 0 Å². The van der Waals surface area contributed by atoms with Gasteiger partial charge in [0.15, 0.2) is 0 Å². The third-order valence-corrected chi connectivity index (χ3v) is 6.17. The third kappa shape index (κ3) is 2.96. The van der Waals surface area contributed by atoms with Gasteiger partial charge < -0.3 is 4.90 Å². The molecule has 2 amide bonds. The molecule has 3 heterocycles. The zero-order chi connectivity index (χ0) is 23.5. The Morgan fingerprint density at radius 2 is 1.71 bits per heavy atom. The summed E-state index contributed by atoms with van der Waals surface area (Å²) < 4.78 is 40.5. The Hall–Kier alpha value is -2.46. The van der Waals surface area contributed by atoms with E-state index in [0.717, 1.165) is 4.90 Å². The quantitative estimate of drug-likeness (QED) is 0.563. The molecule has 2 aliphatic carbocycles. The molecule has 0 aromatic carbocycles. The number of rotatable bonds is 3. The Kier molecular flexibility index (Phi) is 3.30. The van der Waals surface area contributed by atoms with Crippen LogP contribution in [0.15, 0.2) is 18.4 Å². The predicted molar refractivity (Wildman–Crippen MR) is 103 cm³/mol. The van der Waals surface area contributed by atoms with Crippen molar-refractivity contribution in [2.75, 3.05) is 44.1 Å². The molecule has 0 radical (unpaired) electrons. The standard InChI is InChI=1S/C21H25N5O2/c27-19-17-15-4-5-16(14-15)18(17)20(28)26(19)9-2-1-8-24-10-12-25(13-11-24)21-22-6-3-7-23-21/h3,6-7,15-18H,4-5,8-14H2/t15-,16+,17-,18+/i3D,4D,5D,8D2/t4?,5?,15-,16+,17-,18+. The second kappa shape index (κ2) is 7.17. The number of piperazine rings is 1. The molecule has 2 unspecified atom stereocenters. The summed E-state index contributed by atoms with van der Waals surface area (Å²) in [4.78, 5) is 38.6. The van der Waals surface area contributed by atoms with E-state index < -0.39 is 31.1 Å². The fourth-order valence-electron chi connectivity index (χ4n) is 4.80. The smallest absolute Gasteiger partial charge is 0.234 e. The van der Waals surface area contributed by atoms with Crippen LogP contribution in [-0.4, -0.2) is 70.8 Å². The van der Waals surface area contributed by atoms with E-state index in [-0.39, 0.29) is 36.2 Å². The van der Waals surface area contributed by atoms with Gasteiger partial charge in [-0.15, -0.1) is 0 Å². The van der Waals surface area contributed by atoms with Crippen molar-refractivity contribution >= 4 is 17.8 Å². The number of nitrogens with zero attached hydrogens (tertiary/aromatic N) is 5. The summed E-state index contributed by atoms with van der Waals surface area (Å²) in [6, 6.07) is 0.231. The number of anilines is 1. The van der Waals surface area contributed by atoms with Gasteiger partial charge in [-0.05, 0) is 37.1 Å². The lowest BCUT2D eigenvalue weighted by Gasteiger charge is -2.33. The predicted octanol–water partition coefficient (Wildman–Crippen LogP) is 0.633. The lowest BCUT2D eigenvalue weighted by Crippen LogP contribution is -2.47. The molecule has 146 valence electrons. The van der Waals surface area contributed by atoms with Crippen LogP contribution < -0.4 is 4.90 Å². The van der Waals surface area contributed by atoms with Crippen LogP contribution in [0.1, 0.15) is 26.1 Å². The fourth-order valence-corrected chi connectivity index (χ4v) is 4.80. The number of hydrogen-bond donors (Lipinski definition) is 0. The summed E-state index contributed by atoms with van der Waals surface area (Å²) >= 11 is 0. The second-order valence-electron chi connectivity index (χ2n) is 7.63. The summed E-state index contributed by atoms with van der Waals surface area (Å²) in [5, 5.41) is 0. The minimum atomic E-state index is -1.92. The van der Waals surface area contributed by atoms with Crippen LogP contribution in [-0.2, 0) is 9.59 Å². The van der Waals surface area contributed by atoms with E-state index in [0.29, 0.717) is 38.5 Å². The zero-order valence-corrected chi connectivity index (χ0v) is 15.4. The average molecular weight is 384 g/mol. The van der Waals surface area contributed by atoms with Gasteiger partial charge in [-0.2, -0.15) is 0 Å². The summed E-state index contributed by atoms with van der Waals surface area (Å²) in [5.41, 5.74) is 0. The van der Waals surface area contributed by atoms with E-state index in [1.54, 1.807) is 4.90 Å². The molecule has 7 nitrogen and oxygen atoms in total. The summed E-state index contributed by atoms with van der Waals surface area (Å²) in [6.07, 6.45) is 2.20. The number of hydrogen-bond acceptors (Lipinski definition) is 6. The Morgan fingerprint density at radius 3 is 2.36 bits per heavy atom. The maximum Gasteiger partial charge on any atom is 0.234 e. The highest BCUT2D eigenvalue weighted by atomic mass is 16.2. The summed E-state index contributed by atoms with van der Waals surface area (Å²) in [7, 11) is 0. The van der Waals surface area contributed by atoms with Gasteiger partial charge in [-0.1, -0.05) is 11.8 Å². The van der Waals surface area contributed by atoms with Gasteiger partial charge in [-0.3, -0.25) is 19.4 Å². The van der Waals surface area contributed by atoms with E-state index >= 15 is 0 Å². The van der Waals surface area contributed by atoms with Gasteiger partial charge in [0.25, 0.3) is 0 Å². The first kappa shape index (κ1) is 12.9. The molecule has 2 saturated heterocycles. The van der Waals surface area contributed by atoms with E-state index in [1.165, 1.54) is 12.4 Å². The highest BCUT2D eigenvalue weighted by Gasteiger charge is 2.60. The van der Waals surface area contributed by atoms with Crippen LogP contribution in [0, 0.1) is 35.5 Å². The number of fused-ring (bicyclic) bond motifs is 5. The van der Waals surface area contributed by atoms with Gasteiger partial charge >= 0.3 is 0 Å². The van der Waals surface area contributed by atoms with Gasteiger partial charge in [-0.25, -0.2) is 9.97 Å². The maximum atomic E-state index is 12.8. The zero-order valence-electron chi connectivity index (χ0n) is 20.4. The molecular weight excluding hydrogens is 354 g/mol. The highest BCUT2D eigenvalue weighted by Crippen LogP contribution is 2.55. The number of carbonyl (C=O) groups is 2. The maximum absolute atomic E-state index is 12.8. The van der Waals surface area contributed by atoms with Crippen LogP contribution >= 0.6 is 0 Å². The van der Waals surface area contributed by atoms with Crippen molar-refractivity contribution in [2.45, 2.75) is 19.2 Å². The van der Waals surface area contributed by atoms with Crippen molar-refractivity contribution in [1.82, 2.24) is 19.8 Å². The van der Waals surface area contributed by atoms with Crippen LogP contribution in [0.5, 0.6) is 0 Å². The van der Waals surface area contributed by atoms with E-state index in [2.05, 4.69) is 21.8 Å². The average Bonchev–Trinajstić information content (AvgIpc) is 3.40. The highest BCUT2D eigenvalue weighted by molar-refractivity contribution is 6.06.